The van der Waals surface area contributed by atoms with Gasteiger partial charge in [0, 0.05) is 58.3 Å². The van der Waals surface area contributed by atoms with Gasteiger partial charge in [-0.3, -0.25) is 9.88 Å². The SMILES string of the molecule is Cc1cccnc1CN1CCN(C(=O)NCCSc2nncn2C)CC1. The molecule has 3 heterocycles. The first kappa shape index (κ1) is 18.7. The van der Waals surface area contributed by atoms with Crippen molar-refractivity contribution in [1.82, 2.24) is 34.9 Å². The van der Waals surface area contributed by atoms with Crippen LogP contribution >= 0.6 is 11.8 Å². The first-order chi connectivity index (χ1) is 12.6. The zero-order valence-electron chi connectivity index (χ0n) is 15.3. The van der Waals surface area contributed by atoms with Gasteiger partial charge >= 0.3 is 6.03 Å². The molecule has 0 bridgehead atoms. The maximum atomic E-state index is 12.3. The number of pyridine rings is 1. The van der Waals surface area contributed by atoms with Gasteiger partial charge in [0.2, 0.25) is 0 Å². The van der Waals surface area contributed by atoms with Crippen LogP contribution in [0.1, 0.15) is 11.3 Å². The Kier molecular flexibility index (Phi) is 6.45. The van der Waals surface area contributed by atoms with Gasteiger partial charge in [-0.1, -0.05) is 17.8 Å². The molecule has 26 heavy (non-hydrogen) atoms. The molecule has 1 aliphatic heterocycles. The molecule has 2 aromatic heterocycles. The van der Waals surface area contributed by atoms with Crippen molar-refractivity contribution in [2.75, 3.05) is 38.5 Å². The molecule has 2 amide bonds. The van der Waals surface area contributed by atoms with Crippen molar-refractivity contribution in [1.29, 1.82) is 0 Å². The number of piperazine rings is 1. The normalized spacial score (nSPS) is 15.2. The molecule has 0 atom stereocenters. The van der Waals surface area contributed by atoms with Crippen molar-refractivity contribution in [3.63, 3.8) is 0 Å². The summed E-state index contributed by atoms with van der Waals surface area (Å²) in [5.41, 5.74) is 2.33. The smallest absolute Gasteiger partial charge is 0.317 e. The monoisotopic (exact) mass is 375 g/mol. The maximum Gasteiger partial charge on any atom is 0.317 e. The quantitative estimate of drug-likeness (QED) is 0.602. The van der Waals surface area contributed by atoms with E-state index < -0.39 is 0 Å². The number of hydrogen-bond donors (Lipinski definition) is 1. The van der Waals surface area contributed by atoms with E-state index in [4.69, 9.17) is 0 Å². The fraction of sp³-hybridized carbons (Fsp3) is 0.529. The van der Waals surface area contributed by atoms with Gasteiger partial charge < -0.3 is 14.8 Å². The van der Waals surface area contributed by atoms with Gasteiger partial charge in [0.05, 0.1) is 5.69 Å². The zero-order valence-corrected chi connectivity index (χ0v) is 16.1. The predicted molar refractivity (Wildman–Crippen MR) is 101 cm³/mol. The first-order valence-corrected chi connectivity index (χ1v) is 9.74. The average molecular weight is 376 g/mol. The summed E-state index contributed by atoms with van der Waals surface area (Å²) in [5.74, 6) is 0.775. The minimum Gasteiger partial charge on any atom is -0.337 e. The van der Waals surface area contributed by atoms with Gasteiger partial charge in [-0.25, -0.2) is 4.79 Å². The summed E-state index contributed by atoms with van der Waals surface area (Å²) in [6, 6.07) is 4.06. The number of thioether (sulfide) groups is 1. The summed E-state index contributed by atoms with van der Waals surface area (Å²) < 4.78 is 1.87. The van der Waals surface area contributed by atoms with Gasteiger partial charge in [0.25, 0.3) is 0 Å². The topological polar surface area (TPSA) is 79.2 Å². The number of nitrogens with zero attached hydrogens (tertiary/aromatic N) is 6. The van der Waals surface area contributed by atoms with Crippen molar-refractivity contribution in [3.8, 4) is 0 Å². The van der Waals surface area contributed by atoms with Crippen LogP contribution < -0.4 is 5.32 Å². The van der Waals surface area contributed by atoms with Crippen LogP contribution in [-0.4, -0.2) is 74.1 Å². The van der Waals surface area contributed by atoms with E-state index in [1.54, 1.807) is 18.1 Å². The van der Waals surface area contributed by atoms with Crippen LogP contribution in [0.5, 0.6) is 0 Å². The Balaban J connectivity index is 1.35. The standard InChI is InChI=1S/C17H25N7OS/c1-14-4-3-5-18-15(14)12-23-7-9-24(10-8-23)16(25)19-6-11-26-17-21-20-13-22(17)2/h3-5,13H,6-12H2,1-2H3,(H,19,25). The second-order valence-corrected chi connectivity index (χ2v) is 7.40. The number of aromatic nitrogens is 4. The maximum absolute atomic E-state index is 12.3. The Morgan fingerprint density at radius 2 is 2.12 bits per heavy atom. The highest BCUT2D eigenvalue weighted by Gasteiger charge is 2.21. The number of rotatable bonds is 6. The highest BCUT2D eigenvalue weighted by atomic mass is 32.2. The highest BCUT2D eigenvalue weighted by molar-refractivity contribution is 7.99. The van der Waals surface area contributed by atoms with Crippen molar-refractivity contribution in [2.45, 2.75) is 18.6 Å². The van der Waals surface area contributed by atoms with Crippen LogP contribution in [0, 0.1) is 6.92 Å². The van der Waals surface area contributed by atoms with Crippen molar-refractivity contribution < 1.29 is 4.79 Å². The van der Waals surface area contributed by atoms with E-state index in [1.165, 1.54) is 5.56 Å². The Morgan fingerprint density at radius 1 is 1.31 bits per heavy atom. The Bertz CT molecular complexity index is 727. The number of carbonyl (C=O) groups is 1. The van der Waals surface area contributed by atoms with E-state index in [1.807, 2.05) is 28.8 Å². The second-order valence-electron chi connectivity index (χ2n) is 6.34. The summed E-state index contributed by atoms with van der Waals surface area (Å²) in [5, 5.41) is 11.7. The molecule has 0 unspecified atom stereocenters. The third kappa shape index (κ3) is 4.95. The van der Waals surface area contributed by atoms with Crippen LogP contribution in [0.25, 0.3) is 0 Å². The molecular formula is C17H25N7OS. The van der Waals surface area contributed by atoms with Crippen molar-refractivity contribution in [3.05, 3.63) is 35.9 Å². The van der Waals surface area contributed by atoms with Crippen LogP contribution in [0.15, 0.2) is 29.8 Å². The molecule has 8 nitrogen and oxygen atoms in total. The molecule has 3 rings (SSSR count). The molecule has 0 aromatic carbocycles. The Hall–Kier alpha value is -2.13. The molecule has 140 valence electrons. The van der Waals surface area contributed by atoms with Crippen LogP contribution in [-0.2, 0) is 13.6 Å². The zero-order chi connectivity index (χ0) is 18.4. The number of aryl methyl sites for hydroxylation is 2. The molecule has 0 spiro atoms. The summed E-state index contributed by atoms with van der Waals surface area (Å²) in [4.78, 5) is 21.0. The van der Waals surface area contributed by atoms with E-state index in [9.17, 15) is 4.79 Å². The van der Waals surface area contributed by atoms with E-state index in [0.29, 0.717) is 6.54 Å². The van der Waals surface area contributed by atoms with Crippen molar-refractivity contribution >= 4 is 17.8 Å². The molecule has 0 aliphatic carbocycles. The molecule has 2 aromatic rings. The highest BCUT2D eigenvalue weighted by Crippen LogP contribution is 2.12. The molecule has 1 saturated heterocycles. The van der Waals surface area contributed by atoms with E-state index >= 15 is 0 Å². The van der Waals surface area contributed by atoms with Gasteiger partial charge in [-0.15, -0.1) is 10.2 Å². The van der Waals surface area contributed by atoms with Gasteiger partial charge in [-0.2, -0.15) is 0 Å². The fourth-order valence-electron chi connectivity index (χ4n) is 2.82. The minimum atomic E-state index is 0.0113. The third-order valence-corrected chi connectivity index (χ3v) is 5.47. The van der Waals surface area contributed by atoms with Gasteiger partial charge in [0.15, 0.2) is 5.16 Å². The van der Waals surface area contributed by atoms with E-state index in [2.05, 4.69) is 38.4 Å². The van der Waals surface area contributed by atoms with E-state index in [-0.39, 0.29) is 6.03 Å². The number of carbonyl (C=O) groups excluding carboxylic acids is 1. The third-order valence-electron chi connectivity index (χ3n) is 4.43. The lowest BCUT2D eigenvalue weighted by Crippen LogP contribution is -2.51. The predicted octanol–water partition coefficient (Wildman–Crippen LogP) is 1.14. The molecule has 9 heteroatoms. The lowest BCUT2D eigenvalue weighted by atomic mass is 10.2. The lowest BCUT2D eigenvalue weighted by Gasteiger charge is -2.34. The van der Waals surface area contributed by atoms with E-state index in [0.717, 1.165) is 49.3 Å². The summed E-state index contributed by atoms with van der Waals surface area (Å²) in [6.45, 7) is 6.78. The van der Waals surface area contributed by atoms with Crippen molar-refractivity contribution in [2.24, 2.45) is 7.05 Å². The molecule has 0 radical (unpaired) electrons. The number of nitrogens with one attached hydrogen (secondary N) is 1. The molecule has 1 aliphatic rings. The van der Waals surface area contributed by atoms with Crippen LogP contribution in [0.3, 0.4) is 0 Å². The average Bonchev–Trinajstić information content (AvgIpc) is 3.06. The van der Waals surface area contributed by atoms with Gasteiger partial charge in [-0.05, 0) is 18.6 Å². The number of urea groups is 1. The summed E-state index contributed by atoms with van der Waals surface area (Å²) >= 11 is 1.59. The lowest BCUT2D eigenvalue weighted by molar-refractivity contribution is 0.134. The minimum absolute atomic E-state index is 0.0113. The molecule has 1 fully saturated rings. The summed E-state index contributed by atoms with van der Waals surface area (Å²) in [6.07, 6.45) is 3.51. The first-order valence-electron chi connectivity index (χ1n) is 8.76. The molecular weight excluding hydrogens is 350 g/mol. The van der Waals surface area contributed by atoms with Crippen LogP contribution in [0.4, 0.5) is 4.79 Å². The number of hydrogen-bond acceptors (Lipinski definition) is 6. The summed E-state index contributed by atoms with van der Waals surface area (Å²) in [7, 11) is 1.91. The Morgan fingerprint density at radius 3 is 2.81 bits per heavy atom. The largest absolute Gasteiger partial charge is 0.337 e. The number of amides is 2. The fourth-order valence-corrected chi connectivity index (χ4v) is 3.56. The molecule has 1 N–H and O–H groups in total. The second kappa shape index (κ2) is 9.00. The van der Waals surface area contributed by atoms with Crippen LogP contribution in [0.2, 0.25) is 0 Å². The molecule has 0 saturated carbocycles. The Labute approximate surface area is 158 Å². The van der Waals surface area contributed by atoms with Gasteiger partial charge in [0.1, 0.15) is 6.33 Å².